The number of anilines is 1. The number of aromatic nitrogens is 4. The van der Waals surface area contributed by atoms with Crippen LogP contribution in [0.5, 0.6) is 0 Å². The van der Waals surface area contributed by atoms with Crippen LogP contribution >= 0.6 is 35.2 Å². The Kier molecular flexibility index (Phi) is 30.8. The van der Waals surface area contributed by atoms with Crippen molar-refractivity contribution in [1.29, 1.82) is 0 Å². The molecule has 24 nitrogen and oxygen atoms in total. The number of carbonyl (C=O) groups is 3. The number of hydrogen-bond acceptors (Lipinski definition) is 18. The fourth-order valence-corrected chi connectivity index (χ4v) is 12.0. The standard InChI is InChI=1S/C47H86N7O17P3S/c1-5-6-7-8-9-10-11-12-13-15-18-21-24-35(2)25-22-19-16-14-17-20-23-26-38(56)75-30-29-49-37(55)27-28-50-45(59)42(58)47(3,4)32-68-74(65,66)71-73(63,64)67-31-36-41(70-72(60,61)62)40(57)46(69-36)54-34-53-39-43(48)51-33-52-44(39)54/h33-36,40-42,46,57-58H,5-32H2,1-4H3,(H,49,55)(H,50,59)(H,63,64)(H,65,66)(H2,48,51,52)(H2,60,61,62). The third-order valence-corrected chi connectivity index (χ3v) is 16.9. The Hall–Kier alpha value is -2.44. The first kappa shape index (κ1) is 66.8. The van der Waals surface area contributed by atoms with Gasteiger partial charge in [-0.15, -0.1) is 0 Å². The second-order valence-corrected chi connectivity index (χ2v) is 25.5. The van der Waals surface area contributed by atoms with Gasteiger partial charge in [0.15, 0.2) is 22.8 Å². The number of nitrogens with one attached hydrogen (secondary N) is 2. The van der Waals surface area contributed by atoms with E-state index in [1.807, 2.05) is 0 Å². The molecule has 2 amide bonds. The molecule has 0 bridgehead atoms. The zero-order valence-corrected chi connectivity index (χ0v) is 47.7. The number of phosphoric acid groups is 3. The molecule has 75 heavy (non-hydrogen) atoms. The van der Waals surface area contributed by atoms with Crippen molar-refractivity contribution in [2.45, 2.75) is 206 Å². The predicted octanol–water partition coefficient (Wildman–Crippen LogP) is 7.90. The van der Waals surface area contributed by atoms with Gasteiger partial charge in [0.05, 0.1) is 19.5 Å². The number of nitrogens with two attached hydrogens (primary N) is 1. The number of phosphoric ester groups is 3. The summed E-state index contributed by atoms with van der Waals surface area (Å²) in [6.45, 7) is 5.25. The number of unbranched alkanes of at least 4 members (excludes halogenated alkanes) is 17. The van der Waals surface area contributed by atoms with Crippen molar-refractivity contribution in [2.75, 3.05) is 37.8 Å². The Balaban J connectivity index is 1.22. The van der Waals surface area contributed by atoms with E-state index in [-0.39, 0.29) is 41.6 Å². The van der Waals surface area contributed by atoms with Gasteiger partial charge in [0.25, 0.3) is 0 Å². The number of nitrogens with zero attached hydrogens (tertiary/aromatic N) is 4. The van der Waals surface area contributed by atoms with Crippen LogP contribution in [-0.2, 0) is 50.7 Å². The molecule has 1 fully saturated rings. The van der Waals surface area contributed by atoms with Crippen LogP contribution in [0.15, 0.2) is 12.7 Å². The molecule has 8 atom stereocenters. The lowest BCUT2D eigenvalue weighted by atomic mass is 9.87. The summed E-state index contributed by atoms with van der Waals surface area (Å²) in [6.07, 6.45) is 20.9. The lowest BCUT2D eigenvalue weighted by Gasteiger charge is -2.30. The third kappa shape index (κ3) is 26.8. The van der Waals surface area contributed by atoms with Gasteiger partial charge in [0.2, 0.25) is 11.8 Å². The molecule has 1 saturated heterocycles. The maximum Gasteiger partial charge on any atom is 0.481 e. The zero-order valence-electron chi connectivity index (χ0n) is 44.2. The highest BCUT2D eigenvalue weighted by molar-refractivity contribution is 8.13. The molecular weight excluding hydrogens is 1060 g/mol. The van der Waals surface area contributed by atoms with Gasteiger partial charge in [-0.25, -0.2) is 28.6 Å². The van der Waals surface area contributed by atoms with Crippen molar-refractivity contribution in [3.8, 4) is 0 Å². The van der Waals surface area contributed by atoms with E-state index in [1.165, 1.54) is 129 Å². The van der Waals surface area contributed by atoms with Gasteiger partial charge in [-0.3, -0.25) is 32.5 Å². The van der Waals surface area contributed by atoms with E-state index in [0.717, 1.165) is 54.2 Å². The predicted molar refractivity (Wildman–Crippen MR) is 284 cm³/mol. The van der Waals surface area contributed by atoms with Crippen molar-refractivity contribution >= 4 is 69.1 Å². The number of aliphatic hydroxyl groups excluding tert-OH is 2. The number of amides is 2. The number of hydrogen-bond donors (Lipinski definition) is 9. The largest absolute Gasteiger partial charge is 0.481 e. The molecule has 3 heterocycles. The Labute approximate surface area is 446 Å². The molecule has 28 heteroatoms. The van der Waals surface area contributed by atoms with Gasteiger partial charge in [-0.2, -0.15) is 4.31 Å². The highest BCUT2D eigenvalue weighted by Crippen LogP contribution is 2.61. The minimum Gasteiger partial charge on any atom is -0.386 e. The first-order chi connectivity index (χ1) is 35.4. The summed E-state index contributed by atoms with van der Waals surface area (Å²) >= 11 is 1.16. The van der Waals surface area contributed by atoms with Gasteiger partial charge < -0.3 is 50.9 Å². The fraction of sp³-hybridized carbons (Fsp3) is 0.830. The van der Waals surface area contributed by atoms with Gasteiger partial charge in [-0.1, -0.05) is 168 Å². The molecule has 0 aromatic carbocycles. The summed E-state index contributed by atoms with van der Waals surface area (Å²) in [5, 5.41) is 26.8. The minimum atomic E-state index is -5.58. The van der Waals surface area contributed by atoms with Crippen LogP contribution in [0.2, 0.25) is 0 Å². The first-order valence-corrected chi connectivity index (χ1v) is 32.0. The quantitative estimate of drug-likeness (QED) is 0.0225. The number of ether oxygens (including phenoxy) is 1. The highest BCUT2D eigenvalue weighted by Gasteiger charge is 2.50. The molecule has 1 aliphatic heterocycles. The summed E-state index contributed by atoms with van der Waals surface area (Å²) < 4.78 is 62.6. The number of aliphatic hydroxyl groups is 2. The van der Waals surface area contributed by atoms with E-state index in [4.69, 9.17) is 19.5 Å². The molecule has 8 unspecified atom stereocenters. The molecule has 10 N–H and O–H groups in total. The maximum atomic E-state index is 12.8. The summed E-state index contributed by atoms with van der Waals surface area (Å²) in [4.78, 5) is 88.7. The Morgan fingerprint density at radius 1 is 0.800 bits per heavy atom. The van der Waals surface area contributed by atoms with Crippen LogP contribution in [-0.4, -0.2) is 123 Å². The van der Waals surface area contributed by atoms with E-state index in [2.05, 4.69) is 48.3 Å². The second-order valence-electron chi connectivity index (χ2n) is 20.1. The molecular formula is C47H86N7O17P3S. The topological polar surface area (TPSA) is 364 Å². The van der Waals surface area contributed by atoms with E-state index < -0.39 is 84.6 Å². The molecule has 2 aromatic rings. The van der Waals surface area contributed by atoms with Crippen LogP contribution in [0.25, 0.3) is 11.2 Å². The smallest absolute Gasteiger partial charge is 0.386 e. The summed E-state index contributed by atoms with van der Waals surface area (Å²) in [5.41, 5.74) is 4.30. The Morgan fingerprint density at radius 3 is 1.95 bits per heavy atom. The number of fused-ring (bicyclic) bond motifs is 1. The summed E-state index contributed by atoms with van der Waals surface area (Å²) in [6, 6.07) is 0. The molecule has 0 radical (unpaired) electrons. The van der Waals surface area contributed by atoms with Crippen molar-refractivity contribution in [1.82, 2.24) is 30.2 Å². The fourth-order valence-electron chi connectivity index (χ4n) is 8.49. The van der Waals surface area contributed by atoms with E-state index in [9.17, 15) is 57.9 Å². The number of rotatable bonds is 42. The number of imidazole rings is 1. The van der Waals surface area contributed by atoms with Gasteiger partial charge in [-0.05, 0) is 12.3 Å². The summed E-state index contributed by atoms with van der Waals surface area (Å²) in [5.74, 6) is -0.208. The first-order valence-electron chi connectivity index (χ1n) is 26.5. The molecule has 1 aliphatic rings. The van der Waals surface area contributed by atoms with Gasteiger partial charge in [0, 0.05) is 37.1 Å². The highest BCUT2D eigenvalue weighted by atomic mass is 32.2. The molecule has 0 saturated carbocycles. The third-order valence-electron chi connectivity index (χ3n) is 12.9. The summed E-state index contributed by atoms with van der Waals surface area (Å²) in [7, 11) is -16.4. The monoisotopic (exact) mass is 1150 g/mol. The SMILES string of the molecule is CCCCCCCCCCCCCCC(C)CCCCCCCCCC(=O)SCCNC(=O)CCNC(=O)C(O)C(C)(C)COP(=O)(O)OP(=O)(O)OCC1OC(n2cnc3c(N)ncnc32)C(O)C1OP(=O)(O)O. The molecule has 0 spiro atoms. The number of thioether (sulfide) groups is 1. The normalized spacial score (nSPS) is 19.7. The van der Waals surface area contributed by atoms with Crippen molar-refractivity contribution in [3.05, 3.63) is 12.7 Å². The van der Waals surface area contributed by atoms with E-state index in [1.54, 1.807) is 0 Å². The number of nitrogen functional groups attached to an aromatic ring is 1. The molecule has 3 rings (SSSR count). The van der Waals surface area contributed by atoms with Gasteiger partial charge >= 0.3 is 23.5 Å². The van der Waals surface area contributed by atoms with Crippen LogP contribution < -0.4 is 16.4 Å². The van der Waals surface area contributed by atoms with Crippen LogP contribution in [0, 0.1) is 11.3 Å². The van der Waals surface area contributed by atoms with Gasteiger partial charge in [0.1, 0.15) is 36.3 Å². The zero-order chi connectivity index (χ0) is 55.5. The lowest BCUT2D eigenvalue weighted by Crippen LogP contribution is -2.46. The van der Waals surface area contributed by atoms with Crippen LogP contribution in [0.4, 0.5) is 5.82 Å². The van der Waals surface area contributed by atoms with E-state index in [0.29, 0.717) is 12.2 Å². The Morgan fingerprint density at radius 2 is 1.36 bits per heavy atom. The molecule has 2 aromatic heterocycles. The second kappa shape index (κ2) is 34.5. The average molecular weight is 1150 g/mol. The van der Waals surface area contributed by atoms with Crippen molar-refractivity contribution in [3.63, 3.8) is 0 Å². The van der Waals surface area contributed by atoms with Crippen molar-refractivity contribution in [2.24, 2.45) is 11.3 Å². The van der Waals surface area contributed by atoms with Crippen LogP contribution in [0.3, 0.4) is 0 Å². The maximum absolute atomic E-state index is 12.8. The Bertz CT molecular complexity index is 2160. The molecule has 0 aliphatic carbocycles. The average Bonchev–Trinajstić information content (AvgIpc) is 3.90. The van der Waals surface area contributed by atoms with Crippen LogP contribution in [0.1, 0.15) is 182 Å². The van der Waals surface area contributed by atoms with Crippen molar-refractivity contribution < 1.29 is 80.5 Å². The number of carbonyl (C=O) groups excluding carboxylic acids is 3. The molecule has 432 valence electrons. The minimum absolute atomic E-state index is 0.0345. The lowest BCUT2D eigenvalue weighted by molar-refractivity contribution is -0.137. The van der Waals surface area contributed by atoms with E-state index >= 15 is 0 Å².